The highest BCUT2D eigenvalue weighted by Gasteiger charge is 2.26. The van der Waals surface area contributed by atoms with Crippen LogP contribution >= 0.6 is 0 Å². The van der Waals surface area contributed by atoms with Gasteiger partial charge in [0.25, 0.3) is 0 Å². The summed E-state index contributed by atoms with van der Waals surface area (Å²) >= 11 is 0. The third-order valence-corrected chi connectivity index (χ3v) is 5.70. The zero-order chi connectivity index (χ0) is 12.9. The minimum atomic E-state index is -3.26. The van der Waals surface area contributed by atoms with Crippen molar-refractivity contribution < 1.29 is 13.2 Å². The molecular formula is C12H23NO3S. The van der Waals surface area contributed by atoms with E-state index in [9.17, 15) is 13.2 Å². The fraction of sp³-hybridized carbons (Fsp3) is 0.917. The first kappa shape index (κ1) is 14.5. The lowest BCUT2D eigenvalue weighted by molar-refractivity contribution is -0.120. The van der Waals surface area contributed by atoms with E-state index in [1.165, 1.54) is 26.2 Å². The molecule has 1 amide bonds. The minimum Gasteiger partial charge on any atom is -0.355 e. The molecule has 1 atom stereocenters. The van der Waals surface area contributed by atoms with Crippen molar-refractivity contribution in [3.05, 3.63) is 0 Å². The Balaban J connectivity index is 2.38. The maximum Gasteiger partial charge on any atom is 0.238 e. The summed E-state index contributed by atoms with van der Waals surface area (Å²) in [6.45, 7) is 3.66. The lowest BCUT2D eigenvalue weighted by Crippen LogP contribution is -2.40. The van der Waals surface area contributed by atoms with Crippen LogP contribution in [0.1, 0.15) is 46.0 Å². The Morgan fingerprint density at radius 1 is 1.29 bits per heavy atom. The number of hydrogen-bond donors (Lipinski definition) is 1. The van der Waals surface area contributed by atoms with E-state index in [-0.39, 0.29) is 11.7 Å². The average Bonchev–Trinajstić information content (AvgIpc) is 2.36. The Hall–Kier alpha value is -0.580. The summed E-state index contributed by atoms with van der Waals surface area (Å²) in [4.78, 5) is 11.7. The second-order valence-corrected chi connectivity index (χ2v) is 7.45. The van der Waals surface area contributed by atoms with Crippen LogP contribution in [0.25, 0.3) is 0 Å². The van der Waals surface area contributed by atoms with E-state index in [0.29, 0.717) is 12.5 Å². The molecule has 0 radical (unpaired) electrons. The molecule has 4 nitrogen and oxygen atoms in total. The predicted molar refractivity (Wildman–Crippen MR) is 68.5 cm³/mol. The van der Waals surface area contributed by atoms with Crippen molar-refractivity contribution in [2.24, 2.45) is 5.92 Å². The molecule has 1 saturated carbocycles. The summed E-state index contributed by atoms with van der Waals surface area (Å²) in [7, 11) is -3.26. The number of sulfone groups is 1. The highest BCUT2D eigenvalue weighted by Crippen LogP contribution is 2.22. The number of rotatable bonds is 5. The van der Waals surface area contributed by atoms with Gasteiger partial charge in [-0.1, -0.05) is 26.2 Å². The molecule has 5 heteroatoms. The molecule has 0 spiro atoms. The van der Waals surface area contributed by atoms with Crippen molar-refractivity contribution in [1.82, 2.24) is 5.32 Å². The molecule has 0 aromatic heterocycles. The van der Waals surface area contributed by atoms with Gasteiger partial charge in [-0.15, -0.1) is 0 Å². The minimum absolute atomic E-state index is 0.0189. The topological polar surface area (TPSA) is 63.2 Å². The SMILES string of the molecule is CCS(=O)(=O)C(C)C(=O)NCC1CCCCC1. The van der Waals surface area contributed by atoms with Crippen LogP contribution in [-0.2, 0) is 14.6 Å². The molecule has 0 bridgehead atoms. The van der Waals surface area contributed by atoms with Gasteiger partial charge in [0, 0.05) is 12.3 Å². The van der Waals surface area contributed by atoms with Crippen LogP contribution < -0.4 is 5.32 Å². The monoisotopic (exact) mass is 261 g/mol. The first-order chi connectivity index (χ1) is 7.97. The van der Waals surface area contributed by atoms with E-state index in [1.54, 1.807) is 6.92 Å². The maximum absolute atomic E-state index is 11.7. The standard InChI is InChI=1S/C12H23NO3S/c1-3-17(15,16)10(2)12(14)13-9-11-7-5-4-6-8-11/h10-11H,3-9H2,1-2H3,(H,13,14). The van der Waals surface area contributed by atoms with Gasteiger partial charge < -0.3 is 5.32 Å². The predicted octanol–water partition coefficient (Wildman–Crippen LogP) is 1.51. The van der Waals surface area contributed by atoms with E-state index in [0.717, 1.165) is 12.8 Å². The molecule has 1 fully saturated rings. The van der Waals surface area contributed by atoms with Crippen LogP contribution in [0.4, 0.5) is 0 Å². The van der Waals surface area contributed by atoms with Gasteiger partial charge in [-0.05, 0) is 25.7 Å². The number of amides is 1. The molecule has 1 aliphatic carbocycles. The Morgan fingerprint density at radius 2 is 1.88 bits per heavy atom. The molecule has 1 rings (SSSR count). The van der Waals surface area contributed by atoms with Gasteiger partial charge in [-0.25, -0.2) is 8.42 Å². The van der Waals surface area contributed by atoms with Gasteiger partial charge in [0.1, 0.15) is 5.25 Å². The van der Waals surface area contributed by atoms with Crippen molar-refractivity contribution in [2.45, 2.75) is 51.2 Å². The lowest BCUT2D eigenvalue weighted by Gasteiger charge is -2.22. The smallest absolute Gasteiger partial charge is 0.238 e. The quantitative estimate of drug-likeness (QED) is 0.816. The molecule has 0 heterocycles. The largest absolute Gasteiger partial charge is 0.355 e. The van der Waals surface area contributed by atoms with Gasteiger partial charge in [-0.2, -0.15) is 0 Å². The van der Waals surface area contributed by atoms with Crippen molar-refractivity contribution in [1.29, 1.82) is 0 Å². The first-order valence-electron chi connectivity index (χ1n) is 6.46. The van der Waals surface area contributed by atoms with Gasteiger partial charge in [0.05, 0.1) is 0 Å². The summed E-state index contributed by atoms with van der Waals surface area (Å²) in [6.07, 6.45) is 6.03. The Morgan fingerprint density at radius 3 is 2.41 bits per heavy atom. The molecule has 0 aromatic carbocycles. The number of carbonyl (C=O) groups is 1. The van der Waals surface area contributed by atoms with Crippen molar-refractivity contribution in [2.75, 3.05) is 12.3 Å². The summed E-state index contributed by atoms with van der Waals surface area (Å²) in [5.74, 6) is 0.201. The van der Waals surface area contributed by atoms with Gasteiger partial charge >= 0.3 is 0 Å². The van der Waals surface area contributed by atoms with Crippen LogP contribution in [0, 0.1) is 5.92 Å². The van der Waals surface area contributed by atoms with Crippen LogP contribution in [0.2, 0.25) is 0 Å². The summed E-state index contributed by atoms with van der Waals surface area (Å²) in [6, 6.07) is 0. The summed E-state index contributed by atoms with van der Waals surface area (Å²) in [5, 5.41) is 1.85. The Bertz CT molecular complexity index is 345. The first-order valence-corrected chi connectivity index (χ1v) is 8.18. The van der Waals surface area contributed by atoms with E-state index >= 15 is 0 Å². The zero-order valence-electron chi connectivity index (χ0n) is 10.7. The molecule has 0 aromatic rings. The molecule has 0 saturated heterocycles. The fourth-order valence-corrected chi connectivity index (χ4v) is 3.10. The number of nitrogens with one attached hydrogen (secondary N) is 1. The van der Waals surface area contributed by atoms with E-state index in [1.807, 2.05) is 0 Å². The number of carbonyl (C=O) groups excluding carboxylic acids is 1. The normalized spacial score (nSPS) is 19.9. The van der Waals surface area contributed by atoms with Crippen LogP contribution in [0.5, 0.6) is 0 Å². The van der Waals surface area contributed by atoms with E-state index in [4.69, 9.17) is 0 Å². The zero-order valence-corrected chi connectivity index (χ0v) is 11.6. The highest BCUT2D eigenvalue weighted by molar-refractivity contribution is 7.92. The van der Waals surface area contributed by atoms with Crippen molar-refractivity contribution >= 4 is 15.7 Å². The lowest BCUT2D eigenvalue weighted by atomic mass is 9.89. The Kier molecular flexibility index (Phi) is 5.43. The molecule has 1 unspecified atom stereocenters. The molecule has 0 aliphatic heterocycles. The number of hydrogen-bond acceptors (Lipinski definition) is 3. The molecule has 100 valence electrons. The second-order valence-electron chi connectivity index (χ2n) is 4.84. The van der Waals surface area contributed by atoms with Gasteiger partial charge in [-0.3, -0.25) is 4.79 Å². The molecule has 17 heavy (non-hydrogen) atoms. The third kappa shape index (κ3) is 4.30. The molecule has 1 N–H and O–H groups in total. The van der Waals surface area contributed by atoms with Gasteiger partial charge in [0.2, 0.25) is 5.91 Å². The third-order valence-electron chi connectivity index (χ3n) is 3.60. The maximum atomic E-state index is 11.7. The highest BCUT2D eigenvalue weighted by atomic mass is 32.2. The summed E-state index contributed by atoms with van der Waals surface area (Å²) in [5.41, 5.74) is 0. The second kappa shape index (κ2) is 6.38. The van der Waals surface area contributed by atoms with Crippen LogP contribution in [-0.4, -0.2) is 31.9 Å². The van der Waals surface area contributed by atoms with Crippen molar-refractivity contribution in [3.63, 3.8) is 0 Å². The molecular weight excluding hydrogens is 238 g/mol. The van der Waals surface area contributed by atoms with Crippen molar-refractivity contribution in [3.8, 4) is 0 Å². The van der Waals surface area contributed by atoms with Crippen LogP contribution in [0.15, 0.2) is 0 Å². The van der Waals surface area contributed by atoms with Crippen LogP contribution in [0.3, 0.4) is 0 Å². The summed E-state index contributed by atoms with van der Waals surface area (Å²) < 4.78 is 23.1. The molecule has 1 aliphatic rings. The van der Waals surface area contributed by atoms with E-state index in [2.05, 4.69) is 5.32 Å². The average molecular weight is 261 g/mol. The van der Waals surface area contributed by atoms with Gasteiger partial charge in [0.15, 0.2) is 9.84 Å². The fourth-order valence-electron chi connectivity index (χ4n) is 2.19. The van der Waals surface area contributed by atoms with E-state index < -0.39 is 15.1 Å². The Labute approximate surface area is 104 Å².